The maximum atomic E-state index is 5.79. The Labute approximate surface area is 116 Å². The zero-order chi connectivity index (χ0) is 13.5. The lowest BCUT2D eigenvalue weighted by Gasteiger charge is -2.16. The highest BCUT2D eigenvalue weighted by Crippen LogP contribution is 2.29. The number of nitrogens with two attached hydrogens (primary N) is 1. The monoisotopic (exact) mass is 265 g/mol. The van der Waals surface area contributed by atoms with Gasteiger partial charge in [-0.3, -0.25) is 0 Å². The quantitative estimate of drug-likeness (QED) is 0.724. The highest BCUT2D eigenvalue weighted by molar-refractivity contribution is 5.76. The molecule has 2 heterocycles. The second-order valence-corrected chi connectivity index (χ2v) is 5.14. The Morgan fingerprint density at radius 2 is 2.10 bits per heavy atom. The zero-order valence-corrected chi connectivity index (χ0v) is 11.0. The van der Waals surface area contributed by atoms with Crippen molar-refractivity contribution in [2.24, 2.45) is 0 Å². The number of anilines is 2. The van der Waals surface area contributed by atoms with Gasteiger partial charge < -0.3 is 15.1 Å². The predicted octanol–water partition coefficient (Wildman–Crippen LogP) is 2.97. The standard InChI is InChI=1S/C16H15N3O/c17-12-5-6-15-13(9-12)18-16(20-15)10-19-8-7-11-3-1-2-4-14(11)19/h1-6,9H,7-8,10,17H2. The average molecular weight is 265 g/mol. The van der Waals surface area contributed by atoms with Crippen molar-refractivity contribution >= 4 is 22.5 Å². The van der Waals surface area contributed by atoms with Crippen LogP contribution in [-0.2, 0) is 13.0 Å². The van der Waals surface area contributed by atoms with Crippen LogP contribution in [0.3, 0.4) is 0 Å². The Balaban J connectivity index is 1.65. The lowest BCUT2D eigenvalue weighted by molar-refractivity contribution is 0.523. The molecule has 2 aromatic carbocycles. The average Bonchev–Trinajstić information content (AvgIpc) is 3.03. The van der Waals surface area contributed by atoms with Crippen LogP contribution >= 0.6 is 0 Å². The minimum atomic E-state index is 0.700. The molecule has 0 saturated carbocycles. The number of nitrogens with zero attached hydrogens (tertiary/aromatic N) is 2. The summed E-state index contributed by atoms with van der Waals surface area (Å²) in [7, 11) is 0. The first-order chi connectivity index (χ1) is 9.79. The highest BCUT2D eigenvalue weighted by atomic mass is 16.3. The zero-order valence-electron chi connectivity index (χ0n) is 11.0. The van der Waals surface area contributed by atoms with Crippen LogP contribution in [0.25, 0.3) is 11.1 Å². The van der Waals surface area contributed by atoms with Gasteiger partial charge in [0.25, 0.3) is 0 Å². The van der Waals surface area contributed by atoms with Gasteiger partial charge in [-0.1, -0.05) is 18.2 Å². The van der Waals surface area contributed by atoms with Crippen LogP contribution in [0, 0.1) is 0 Å². The van der Waals surface area contributed by atoms with Gasteiger partial charge in [0.15, 0.2) is 5.58 Å². The predicted molar refractivity (Wildman–Crippen MR) is 79.6 cm³/mol. The van der Waals surface area contributed by atoms with Crippen molar-refractivity contribution in [1.29, 1.82) is 0 Å². The molecule has 0 spiro atoms. The molecule has 0 bridgehead atoms. The maximum absolute atomic E-state index is 5.79. The van der Waals surface area contributed by atoms with Gasteiger partial charge in [-0.25, -0.2) is 4.98 Å². The first-order valence-corrected chi connectivity index (χ1v) is 6.77. The topological polar surface area (TPSA) is 55.3 Å². The summed E-state index contributed by atoms with van der Waals surface area (Å²) in [6.45, 7) is 1.71. The van der Waals surface area contributed by atoms with Crippen LogP contribution in [0.5, 0.6) is 0 Å². The van der Waals surface area contributed by atoms with E-state index in [1.807, 2.05) is 18.2 Å². The SMILES string of the molecule is Nc1ccc2oc(CN3CCc4ccccc43)nc2c1. The summed E-state index contributed by atoms with van der Waals surface area (Å²) in [6, 6.07) is 14.1. The number of hydrogen-bond acceptors (Lipinski definition) is 4. The van der Waals surface area contributed by atoms with E-state index in [1.165, 1.54) is 11.3 Å². The van der Waals surface area contributed by atoms with Crippen molar-refractivity contribution in [2.45, 2.75) is 13.0 Å². The number of hydrogen-bond donors (Lipinski definition) is 1. The molecule has 0 radical (unpaired) electrons. The van der Waals surface area contributed by atoms with Crippen molar-refractivity contribution in [1.82, 2.24) is 4.98 Å². The van der Waals surface area contributed by atoms with Gasteiger partial charge >= 0.3 is 0 Å². The summed E-state index contributed by atoms with van der Waals surface area (Å²) in [5.41, 5.74) is 10.8. The van der Waals surface area contributed by atoms with E-state index in [-0.39, 0.29) is 0 Å². The summed E-state index contributed by atoms with van der Waals surface area (Å²) in [5, 5.41) is 0. The molecular weight excluding hydrogens is 250 g/mol. The second-order valence-electron chi connectivity index (χ2n) is 5.14. The van der Waals surface area contributed by atoms with E-state index in [0.717, 1.165) is 30.0 Å². The summed E-state index contributed by atoms with van der Waals surface area (Å²) in [4.78, 5) is 6.83. The first-order valence-electron chi connectivity index (χ1n) is 6.77. The third-order valence-electron chi connectivity index (χ3n) is 3.77. The molecule has 0 atom stereocenters. The molecule has 0 aliphatic carbocycles. The number of fused-ring (bicyclic) bond motifs is 2. The van der Waals surface area contributed by atoms with Crippen molar-refractivity contribution in [3.8, 4) is 0 Å². The smallest absolute Gasteiger partial charge is 0.215 e. The molecule has 2 N–H and O–H groups in total. The van der Waals surface area contributed by atoms with E-state index in [2.05, 4.69) is 34.1 Å². The van der Waals surface area contributed by atoms with Gasteiger partial charge in [0.2, 0.25) is 5.89 Å². The Morgan fingerprint density at radius 1 is 1.20 bits per heavy atom. The number of aromatic nitrogens is 1. The third-order valence-corrected chi connectivity index (χ3v) is 3.77. The molecule has 0 fully saturated rings. The van der Waals surface area contributed by atoms with Crippen LogP contribution in [0.15, 0.2) is 46.9 Å². The number of rotatable bonds is 2. The third kappa shape index (κ3) is 1.81. The molecule has 20 heavy (non-hydrogen) atoms. The minimum absolute atomic E-state index is 0.700. The minimum Gasteiger partial charge on any atom is -0.439 e. The van der Waals surface area contributed by atoms with E-state index in [4.69, 9.17) is 10.2 Å². The molecule has 4 rings (SSSR count). The lowest BCUT2D eigenvalue weighted by atomic mass is 10.2. The fraction of sp³-hybridized carbons (Fsp3) is 0.188. The molecule has 4 nitrogen and oxygen atoms in total. The van der Waals surface area contributed by atoms with Gasteiger partial charge in [0, 0.05) is 17.9 Å². The fourth-order valence-electron chi connectivity index (χ4n) is 2.79. The Bertz CT molecular complexity index is 778. The number of para-hydroxylation sites is 1. The summed E-state index contributed by atoms with van der Waals surface area (Å²) in [6.07, 6.45) is 1.09. The number of benzene rings is 2. The lowest BCUT2D eigenvalue weighted by Crippen LogP contribution is -2.19. The van der Waals surface area contributed by atoms with Gasteiger partial charge in [-0.15, -0.1) is 0 Å². The summed E-state index contributed by atoms with van der Waals surface area (Å²) in [5.74, 6) is 0.738. The van der Waals surface area contributed by atoms with E-state index < -0.39 is 0 Å². The highest BCUT2D eigenvalue weighted by Gasteiger charge is 2.20. The van der Waals surface area contributed by atoms with Crippen molar-refractivity contribution in [3.05, 3.63) is 53.9 Å². The number of oxazole rings is 1. The van der Waals surface area contributed by atoms with Crippen LogP contribution in [0.1, 0.15) is 11.5 Å². The van der Waals surface area contributed by atoms with Crippen molar-refractivity contribution in [3.63, 3.8) is 0 Å². The Hall–Kier alpha value is -2.49. The molecule has 4 heteroatoms. The molecule has 0 unspecified atom stereocenters. The largest absolute Gasteiger partial charge is 0.439 e. The molecule has 1 aromatic heterocycles. The van der Waals surface area contributed by atoms with E-state index in [1.54, 1.807) is 0 Å². The second kappa shape index (κ2) is 4.27. The molecule has 100 valence electrons. The van der Waals surface area contributed by atoms with Gasteiger partial charge in [-0.05, 0) is 36.2 Å². The molecule has 1 aliphatic heterocycles. The van der Waals surface area contributed by atoms with Crippen molar-refractivity contribution < 1.29 is 4.42 Å². The molecule has 0 amide bonds. The number of nitrogen functional groups attached to an aromatic ring is 1. The fourth-order valence-corrected chi connectivity index (χ4v) is 2.79. The van der Waals surface area contributed by atoms with E-state index in [9.17, 15) is 0 Å². The molecule has 0 saturated heterocycles. The van der Waals surface area contributed by atoms with Crippen LogP contribution < -0.4 is 10.6 Å². The normalized spacial score (nSPS) is 13.9. The van der Waals surface area contributed by atoms with Gasteiger partial charge in [0.1, 0.15) is 5.52 Å². The van der Waals surface area contributed by atoms with Crippen LogP contribution in [0.2, 0.25) is 0 Å². The molecular formula is C16H15N3O. The van der Waals surface area contributed by atoms with Crippen LogP contribution in [-0.4, -0.2) is 11.5 Å². The first kappa shape index (κ1) is 11.3. The van der Waals surface area contributed by atoms with E-state index >= 15 is 0 Å². The molecule has 3 aromatic rings. The Kier molecular flexibility index (Phi) is 2.42. The summed E-state index contributed by atoms with van der Waals surface area (Å²) >= 11 is 0. The van der Waals surface area contributed by atoms with Gasteiger partial charge in [-0.2, -0.15) is 0 Å². The molecule has 1 aliphatic rings. The van der Waals surface area contributed by atoms with Crippen LogP contribution in [0.4, 0.5) is 11.4 Å². The van der Waals surface area contributed by atoms with Gasteiger partial charge in [0.05, 0.1) is 6.54 Å². The maximum Gasteiger partial charge on any atom is 0.215 e. The van der Waals surface area contributed by atoms with Crippen molar-refractivity contribution in [2.75, 3.05) is 17.2 Å². The summed E-state index contributed by atoms with van der Waals surface area (Å²) < 4.78 is 5.79. The Morgan fingerprint density at radius 3 is 3.05 bits per heavy atom. The van der Waals surface area contributed by atoms with E-state index in [0.29, 0.717) is 12.2 Å².